The van der Waals surface area contributed by atoms with Crippen LogP contribution in [0.4, 0.5) is 0 Å². The van der Waals surface area contributed by atoms with Gasteiger partial charge in [-0.15, -0.1) is 0 Å². The smallest absolute Gasteiger partial charge is 0.323 e. The molecule has 4 nitrogen and oxygen atoms in total. The van der Waals surface area contributed by atoms with E-state index in [9.17, 15) is 4.79 Å². The molecule has 4 heteroatoms. The van der Waals surface area contributed by atoms with Gasteiger partial charge in [-0.25, -0.2) is 0 Å². The van der Waals surface area contributed by atoms with Crippen molar-refractivity contribution in [1.82, 2.24) is 4.90 Å². The zero-order valence-electron chi connectivity index (χ0n) is 10.3. The van der Waals surface area contributed by atoms with Crippen LogP contribution >= 0.6 is 0 Å². The summed E-state index contributed by atoms with van der Waals surface area (Å²) >= 11 is 0. The minimum atomic E-state index is -0.430. The molecule has 0 spiro atoms. The molecule has 0 aromatic carbocycles. The highest BCUT2D eigenvalue weighted by atomic mass is 16.6. The van der Waals surface area contributed by atoms with Crippen molar-refractivity contribution >= 4 is 5.97 Å². The van der Waals surface area contributed by atoms with E-state index in [0.29, 0.717) is 13.0 Å². The highest BCUT2D eigenvalue weighted by Crippen LogP contribution is 2.20. The fraction of sp³-hybridized carbons (Fsp3) is 0.833. The number of carbonyl (C=O) groups excluding carboxylic acids is 1. The van der Waals surface area contributed by atoms with E-state index in [0.717, 1.165) is 19.4 Å². The molecule has 0 aromatic rings. The standard InChI is InChI=1S/C12H20N2O2/c1-12(2,3)16-11(15)10-6-4-8-14(10)9-5-7-13/h10H,4-6,8-9H2,1-3H3/t10-/m0/s1. The summed E-state index contributed by atoms with van der Waals surface area (Å²) in [4.78, 5) is 13.9. The largest absolute Gasteiger partial charge is 0.459 e. The Kier molecular flexibility index (Phi) is 4.31. The molecule has 0 unspecified atom stereocenters. The molecular formula is C12H20N2O2. The molecule has 0 amide bonds. The van der Waals surface area contributed by atoms with Crippen LogP contribution in [-0.4, -0.2) is 35.6 Å². The molecule has 0 saturated carbocycles. The van der Waals surface area contributed by atoms with Gasteiger partial charge in [0, 0.05) is 13.0 Å². The molecule has 1 fully saturated rings. The van der Waals surface area contributed by atoms with Gasteiger partial charge >= 0.3 is 5.97 Å². The van der Waals surface area contributed by atoms with Gasteiger partial charge in [0.25, 0.3) is 0 Å². The number of ether oxygens (including phenoxy) is 1. The van der Waals surface area contributed by atoms with E-state index in [-0.39, 0.29) is 12.0 Å². The van der Waals surface area contributed by atoms with Crippen LogP contribution in [0.2, 0.25) is 0 Å². The van der Waals surface area contributed by atoms with Crippen molar-refractivity contribution in [2.75, 3.05) is 13.1 Å². The van der Waals surface area contributed by atoms with Crippen LogP contribution in [0.15, 0.2) is 0 Å². The summed E-state index contributed by atoms with van der Waals surface area (Å²) in [5.41, 5.74) is -0.430. The van der Waals surface area contributed by atoms with E-state index in [1.807, 2.05) is 20.8 Å². The Hall–Kier alpha value is -1.08. The van der Waals surface area contributed by atoms with E-state index in [4.69, 9.17) is 10.00 Å². The average molecular weight is 224 g/mol. The van der Waals surface area contributed by atoms with Gasteiger partial charge in [-0.2, -0.15) is 5.26 Å². The van der Waals surface area contributed by atoms with Crippen molar-refractivity contribution < 1.29 is 9.53 Å². The molecule has 0 aromatic heterocycles. The predicted molar refractivity (Wildman–Crippen MR) is 60.7 cm³/mol. The molecule has 1 saturated heterocycles. The van der Waals surface area contributed by atoms with Crippen LogP contribution in [-0.2, 0) is 9.53 Å². The van der Waals surface area contributed by atoms with Crippen LogP contribution in [0.5, 0.6) is 0 Å². The van der Waals surface area contributed by atoms with Crippen LogP contribution in [0, 0.1) is 11.3 Å². The lowest BCUT2D eigenvalue weighted by Gasteiger charge is -2.26. The second-order valence-electron chi connectivity index (χ2n) is 5.14. The van der Waals surface area contributed by atoms with E-state index in [1.165, 1.54) is 0 Å². The maximum atomic E-state index is 11.9. The van der Waals surface area contributed by atoms with Gasteiger partial charge in [0.2, 0.25) is 0 Å². The van der Waals surface area contributed by atoms with Gasteiger partial charge in [-0.05, 0) is 40.2 Å². The SMILES string of the molecule is CC(C)(C)OC(=O)[C@@H]1CCCN1CCC#N. The first kappa shape index (κ1) is 13.0. The van der Waals surface area contributed by atoms with Gasteiger partial charge < -0.3 is 4.74 Å². The summed E-state index contributed by atoms with van der Waals surface area (Å²) in [5, 5.41) is 8.55. The van der Waals surface area contributed by atoms with E-state index >= 15 is 0 Å². The second-order valence-corrected chi connectivity index (χ2v) is 5.14. The Morgan fingerprint density at radius 1 is 1.56 bits per heavy atom. The molecule has 90 valence electrons. The second kappa shape index (κ2) is 5.31. The van der Waals surface area contributed by atoms with Crippen LogP contribution in [0.1, 0.15) is 40.0 Å². The molecule has 1 rings (SSSR count). The minimum absolute atomic E-state index is 0.146. The Labute approximate surface area is 97.2 Å². The number of nitrogens with zero attached hydrogens (tertiary/aromatic N) is 2. The summed E-state index contributed by atoms with van der Waals surface area (Å²) in [6.45, 7) is 7.18. The topological polar surface area (TPSA) is 53.3 Å². The van der Waals surface area contributed by atoms with Crippen molar-refractivity contribution in [3.05, 3.63) is 0 Å². The first-order valence-corrected chi connectivity index (χ1v) is 5.78. The number of carbonyl (C=O) groups is 1. The molecule has 16 heavy (non-hydrogen) atoms. The van der Waals surface area contributed by atoms with E-state index in [2.05, 4.69) is 11.0 Å². The molecule has 0 radical (unpaired) electrons. The van der Waals surface area contributed by atoms with Crippen LogP contribution < -0.4 is 0 Å². The minimum Gasteiger partial charge on any atom is -0.459 e. The van der Waals surface area contributed by atoms with Crippen molar-refractivity contribution in [2.45, 2.75) is 51.7 Å². The fourth-order valence-electron chi connectivity index (χ4n) is 1.92. The van der Waals surface area contributed by atoms with Gasteiger partial charge in [-0.1, -0.05) is 0 Å². The van der Waals surface area contributed by atoms with Gasteiger partial charge in [0.15, 0.2) is 0 Å². The molecule has 1 atom stereocenters. The van der Waals surface area contributed by atoms with Gasteiger partial charge in [0.05, 0.1) is 6.07 Å². The summed E-state index contributed by atoms with van der Waals surface area (Å²) < 4.78 is 5.37. The first-order valence-electron chi connectivity index (χ1n) is 5.78. The molecule has 0 aliphatic carbocycles. The first-order chi connectivity index (χ1) is 7.44. The third-order valence-corrected chi connectivity index (χ3v) is 2.55. The Morgan fingerprint density at radius 3 is 2.81 bits per heavy atom. The lowest BCUT2D eigenvalue weighted by atomic mass is 10.1. The Bertz CT molecular complexity index is 288. The third-order valence-electron chi connectivity index (χ3n) is 2.55. The highest BCUT2D eigenvalue weighted by Gasteiger charge is 2.33. The number of rotatable bonds is 3. The molecular weight excluding hydrogens is 204 g/mol. The summed E-state index contributed by atoms with van der Waals surface area (Å²) in [7, 11) is 0. The maximum absolute atomic E-state index is 11.9. The molecule has 1 aliphatic heterocycles. The average Bonchev–Trinajstić information content (AvgIpc) is 2.59. The van der Waals surface area contributed by atoms with Crippen molar-refractivity contribution in [1.29, 1.82) is 5.26 Å². The van der Waals surface area contributed by atoms with Gasteiger partial charge in [0.1, 0.15) is 11.6 Å². The van der Waals surface area contributed by atoms with Crippen molar-refractivity contribution in [2.24, 2.45) is 0 Å². The molecule has 1 aliphatic rings. The summed E-state index contributed by atoms with van der Waals surface area (Å²) in [6, 6.07) is 1.96. The number of hydrogen-bond acceptors (Lipinski definition) is 4. The monoisotopic (exact) mass is 224 g/mol. The number of likely N-dealkylation sites (tertiary alicyclic amines) is 1. The lowest BCUT2D eigenvalue weighted by molar-refractivity contribution is -0.160. The highest BCUT2D eigenvalue weighted by molar-refractivity contribution is 5.76. The summed E-state index contributed by atoms with van der Waals surface area (Å²) in [5.74, 6) is -0.150. The Balaban J connectivity index is 2.51. The normalized spacial score (nSPS) is 21.8. The van der Waals surface area contributed by atoms with Gasteiger partial charge in [-0.3, -0.25) is 9.69 Å². The zero-order chi connectivity index (χ0) is 12.2. The fourth-order valence-corrected chi connectivity index (χ4v) is 1.92. The maximum Gasteiger partial charge on any atom is 0.323 e. The van der Waals surface area contributed by atoms with Crippen LogP contribution in [0.25, 0.3) is 0 Å². The molecule has 0 N–H and O–H groups in total. The van der Waals surface area contributed by atoms with Crippen LogP contribution in [0.3, 0.4) is 0 Å². The number of hydrogen-bond donors (Lipinski definition) is 0. The predicted octanol–water partition coefficient (Wildman–Crippen LogP) is 1.71. The zero-order valence-corrected chi connectivity index (χ0v) is 10.3. The molecule has 1 heterocycles. The van der Waals surface area contributed by atoms with Crippen molar-refractivity contribution in [3.8, 4) is 6.07 Å². The molecule has 0 bridgehead atoms. The summed E-state index contributed by atoms with van der Waals surface area (Å²) in [6.07, 6.45) is 2.33. The quantitative estimate of drug-likeness (QED) is 0.685. The van der Waals surface area contributed by atoms with E-state index in [1.54, 1.807) is 0 Å². The lowest BCUT2D eigenvalue weighted by Crippen LogP contribution is -2.40. The number of esters is 1. The number of nitriles is 1. The van der Waals surface area contributed by atoms with E-state index < -0.39 is 5.60 Å². The van der Waals surface area contributed by atoms with Crippen molar-refractivity contribution in [3.63, 3.8) is 0 Å². The third kappa shape index (κ3) is 3.82. The Morgan fingerprint density at radius 2 is 2.25 bits per heavy atom.